The maximum absolute atomic E-state index is 12.3. The number of halogens is 1. The molecule has 3 rings (SSSR count). The number of aliphatic hydroxyl groups is 2. The molecule has 0 saturated heterocycles. The van der Waals surface area contributed by atoms with Gasteiger partial charge in [-0.15, -0.1) is 11.3 Å². The van der Waals surface area contributed by atoms with Gasteiger partial charge in [0.2, 0.25) is 0 Å². The lowest BCUT2D eigenvalue weighted by Gasteiger charge is -2.19. The number of aliphatic hydroxyl groups excluding tert-OH is 2. The molecule has 166 valence electrons. The van der Waals surface area contributed by atoms with E-state index in [4.69, 9.17) is 26.2 Å². The van der Waals surface area contributed by atoms with E-state index < -0.39 is 5.97 Å². The molecule has 0 unspecified atom stereocenters. The van der Waals surface area contributed by atoms with Crippen molar-refractivity contribution in [3.05, 3.63) is 62.8 Å². The summed E-state index contributed by atoms with van der Waals surface area (Å²) >= 11 is 7.43. The van der Waals surface area contributed by atoms with Gasteiger partial charge in [0, 0.05) is 9.90 Å². The Morgan fingerprint density at radius 3 is 2.81 bits per heavy atom. The van der Waals surface area contributed by atoms with E-state index in [0.717, 1.165) is 24.1 Å². The van der Waals surface area contributed by atoms with Crippen molar-refractivity contribution in [1.29, 1.82) is 0 Å². The number of ketones is 1. The number of carbonyl (C=O) groups is 2. The van der Waals surface area contributed by atoms with E-state index in [9.17, 15) is 14.7 Å². The minimum atomic E-state index is -0.419. The molecule has 1 aliphatic rings. The number of esters is 1. The third-order valence-electron chi connectivity index (χ3n) is 5.08. The summed E-state index contributed by atoms with van der Waals surface area (Å²) in [5.41, 5.74) is 0.658. The molecule has 2 N–H and O–H groups in total. The Bertz CT molecular complexity index is 938. The molecule has 31 heavy (non-hydrogen) atoms. The van der Waals surface area contributed by atoms with Crippen LogP contribution in [-0.2, 0) is 22.6 Å². The highest BCUT2D eigenvalue weighted by atomic mass is 35.5. The van der Waals surface area contributed by atoms with E-state index >= 15 is 0 Å². The second-order valence-electron chi connectivity index (χ2n) is 7.31. The van der Waals surface area contributed by atoms with Crippen LogP contribution in [0.2, 0.25) is 5.02 Å². The lowest BCUT2D eigenvalue weighted by molar-refractivity contribution is -0.119. The smallest absolute Gasteiger partial charge is 0.348 e. The van der Waals surface area contributed by atoms with Gasteiger partial charge in [-0.05, 0) is 67.2 Å². The largest absolute Gasteiger partial charge is 0.493 e. The number of benzene rings is 1. The molecule has 1 aliphatic carbocycles. The van der Waals surface area contributed by atoms with E-state index in [1.54, 1.807) is 30.3 Å². The van der Waals surface area contributed by atoms with Crippen LogP contribution >= 0.6 is 22.9 Å². The number of thiophene rings is 1. The zero-order chi connectivity index (χ0) is 22.2. The van der Waals surface area contributed by atoms with E-state index in [-0.39, 0.29) is 44.0 Å². The number of carbonyl (C=O) groups excluding carboxylic acids is 2. The van der Waals surface area contributed by atoms with Crippen molar-refractivity contribution < 1.29 is 29.3 Å². The minimum Gasteiger partial charge on any atom is -0.493 e. The van der Waals surface area contributed by atoms with Crippen LogP contribution in [0.15, 0.2) is 42.5 Å². The quantitative estimate of drug-likeness (QED) is 0.491. The summed E-state index contributed by atoms with van der Waals surface area (Å²) in [6, 6.07) is 8.70. The molecule has 2 atom stereocenters. The minimum absolute atomic E-state index is 0.00588. The van der Waals surface area contributed by atoms with Crippen LogP contribution in [0.5, 0.6) is 5.75 Å². The van der Waals surface area contributed by atoms with Crippen LogP contribution < -0.4 is 4.74 Å². The maximum Gasteiger partial charge on any atom is 0.348 e. The van der Waals surface area contributed by atoms with Crippen LogP contribution in [0.4, 0.5) is 0 Å². The summed E-state index contributed by atoms with van der Waals surface area (Å²) in [7, 11) is 0. The van der Waals surface area contributed by atoms with Crippen LogP contribution in [0.1, 0.15) is 33.0 Å². The number of aryl methyl sites for hydroxylation is 1. The van der Waals surface area contributed by atoms with Gasteiger partial charge in [-0.2, -0.15) is 0 Å². The highest BCUT2D eigenvalue weighted by Crippen LogP contribution is 2.30. The highest BCUT2D eigenvalue weighted by molar-refractivity contribution is 7.13. The van der Waals surface area contributed by atoms with Gasteiger partial charge in [0.15, 0.2) is 5.78 Å². The molecule has 1 heterocycles. The molecular weight excluding hydrogens is 440 g/mol. The lowest BCUT2D eigenvalue weighted by atomic mass is 9.90. The fraction of sp³-hybridized carbons (Fsp3) is 0.391. The first-order valence-corrected chi connectivity index (χ1v) is 11.3. The Labute approximate surface area is 190 Å². The molecule has 0 fully saturated rings. The second-order valence-corrected chi connectivity index (χ2v) is 8.92. The molecule has 0 radical (unpaired) electrons. The fourth-order valence-electron chi connectivity index (χ4n) is 3.52. The van der Waals surface area contributed by atoms with Crippen molar-refractivity contribution in [3.8, 4) is 5.75 Å². The van der Waals surface area contributed by atoms with Gasteiger partial charge in [-0.3, -0.25) is 4.79 Å². The summed E-state index contributed by atoms with van der Waals surface area (Å²) in [4.78, 5) is 25.7. The third kappa shape index (κ3) is 6.64. The summed E-state index contributed by atoms with van der Waals surface area (Å²) in [5.74, 6) is 0.0210. The number of rotatable bonds is 11. The highest BCUT2D eigenvalue weighted by Gasteiger charge is 2.30. The number of allylic oxidation sites excluding steroid dienone is 2. The molecule has 0 amide bonds. The van der Waals surface area contributed by atoms with Gasteiger partial charge in [0.25, 0.3) is 0 Å². The Morgan fingerprint density at radius 1 is 1.19 bits per heavy atom. The molecule has 1 aromatic heterocycles. The van der Waals surface area contributed by atoms with Crippen molar-refractivity contribution in [2.24, 2.45) is 11.8 Å². The van der Waals surface area contributed by atoms with Gasteiger partial charge in [0.05, 0.1) is 25.7 Å². The second kappa shape index (κ2) is 11.4. The molecule has 0 aliphatic heterocycles. The van der Waals surface area contributed by atoms with E-state index in [2.05, 4.69) is 0 Å². The van der Waals surface area contributed by atoms with E-state index in [1.165, 1.54) is 11.3 Å². The summed E-state index contributed by atoms with van der Waals surface area (Å²) < 4.78 is 10.7. The standard InChI is InChI=1S/C23H25ClO6S/c24-17-10-15(13-26)11-18(12-17)30-14-20-16(4-6-21(20)27)2-1-3-19-5-7-22(31-19)23(28)29-9-8-25/h4-7,10-12,16,20,25-26H,1-3,8-9,13-14H2/t16-,20+/m0/s1. The van der Waals surface area contributed by atoms with Crippen LogP contribution in [0, 0.1) is 11.8 Å². The SMILES string of the molecule is O=C(OCCO)c1ccc(CCC[C@H]2C=CC(=O)[C@@H]2COc2cc(Cl)cc(CO)c2)s1. The zero-order valence-corrected chi connectivity index (χ0v) is 18.5. The maximum atomic E-state index is 12.3. The number of ether oxygens (including phenoxy) is 2. The Balaban J connectivity index is 1.49. The van der Waals surface area contributed by atoms with E-state index in [0.29, 0.717) is 21.2 Å². The lowest BCUT2D eigenvalue weighted by Crippen LogP contribution is -2.23. The van der Waals surface area contributed by atoms with Crippen molar-refractivity contribution in [2.75, 3.05) is 19.8 Å². The molecule has 0 bridgehead atoms. The number of hydrogen-bond acceptors (Lipinski definition) is 7. The number of hydrogen-bond donors (Lipinski definition) is 2. The van der Waals surface area contributed by atoms with E-state index in [1.807, 2.05) is 12.1 Å². The molecule has 0 saturated carbocycles. The van der Waals surface area contributed by atoms with Gasteiger partial charge >= 0.3 is 5.97 Å². The van der Waals surface area contributed by atoms with Crippen molar-refractivity contribution >= 4 is 34.7 Å². The predicted octanol–water partition coefficient (Wildman–Crippen LogP) is 3.82. The van der Waals surface area contributed by atoms with Gasteiger partial charge < -0.3 is 19.7 Å². The molecule has 1 aromatic carbocycles. The monoisotopic (exact) mass is 464 g/mol. The topological polar surface area (TPSA) is 93.1 Å². The summed E-state index contributed by atoms with van der Waals surface area (Å²) in [6.45, 7) is -0.0783. The average Bonchev–Trinajstić information content (AvgIpc) is 3.37. The average molecular weight is 465 g/mol. The van der Waals surface area contributed by atoms with Gasteiger partial charge in [-0.25, -0.2) is 4.79 Å². The molecular formula is C23H25ClO6S. The molecule has 8 heteroatoms. The first kappa shape index (κ1) is 23.5. The van der Waals surface area contributed by atoms with Crippen molar-refractivity contribution in [3.63, 3.8) is 0 Å². The normalized spacial score (nSPS) is 17.8. The van der Waals surface area contributed by atoms with Gasteiger partial charge in [-0.1, -0.05) is 17.7 Å². The molecule has 0 spiro atoms. The van der Waals surface area contributed by atoms with Crippen LogP contribution in [-0.4, -0.2) is 41.8 Å². The predicted molar refractivity (Wildman–Crippen MR) is 119 cm³/mol. The fourth-order valence-corrected chi connectivity index (χ4v) is 4.71. The van der Waals surface area contributed by atoms with Crippen LogP contribution in [0.3, 0.4) is 0 Å². The van der Waals surface area contributed by atoms with Crippen molar-refractivity contribution in [2.45, 2.75) is 25.9 Å². The molecule has 6 nitrogen and oxygen atoms in total. The summed E-state index contributed by atoms with van der Waals surface area (Å²) in [5, 5.41) is 18.5. The van der Waals surface area contributed by atoms with Crippen LogP contribution in [0.25, 0.3) is 0 Å². The third-order valence-corrected chi connectivity index (χ3v) is 6.42. The Morgan fingerprint density at radius 2 is 2.03 bits per heavy atom. The molecule has 2 aromatic rings. The Hall–Kier alpha value is -2.19. The summed E-state index contributed by atoms with van der Waals surface area (Å²) in [6.07, 6.45) is 6.07. The first-order valence-electron chi connectivity index (χ1n) is 10.1. The zero-order valence-electron chi connectivity index (χ0n) is 17.0. The van der Waals surface area contributed by atoms with Gasteiger partial charge in [0.1, 0.15) is 17.2 Å². The van der Waals surface area contributed by atoms with Crippen molar-refractivity contribution in [1.82, 2.24) is 0 Å². The first-order chi connectivity index (χ1) is 15.0. The Kier molecular flexibility index (Phi) is 8.66.